The van der Waals surface area contributed by atoms with E-state index in [9.17, 15) is 19.5 Å². The molecule has 2 aromatic carbocycles. The smallest absolute Gasteiger partial charge is 0.338 e. The number of pyridine rings is 1. The maximum atomic E-state index is 13.3. The fourth-order valence-electron chi connectivity index (χ4n) is 4.01. The zero-order valence-corrected chi connectivity index (χ0v) is 19.5. The first kappa shape index (κ1) is 23.7. The third-order valence-corrected chi connectivity index (χ3v) is 5.53. The number of aromatic nitrogens is 1. The van der Waals surface area contributed by atoms with E-state index < -0.39 is 23.7 Å². The molecule has 1 saturated heterocycles. The van der Waals surface area contributed by atoms with E-state index in [1.165, 1.54) is 30.5 Å². The van der Waals surface area contributed by atoms with Crippen molar-refractivity contribution in [2.45, 2.75) is 26.0 Å². The Hall–Kier alpha value is -4.46. The van der Waals surface area contributed by atoms with Gasteiger partial charge >= 0.3 is 5.97 Å². The number of ketones is 1. The Kier molecular flexibility index (Phi) is 6.64. The van der Waals surface area contributed by atoms with Crippen molar-refractivity contribution in [2.75, 3.05) is 12.0 Å². The first-order valence-electron chi connectivity index (χ1n) is 11.0. The number of carbonyl (C=O) groups is 3. The second kappa shape index (κ2) is 9.80. The van der Waals surface area contributed by atoms with E-state index in [-0.39, 0.29) is 28.6 Å². The molecule has 8 heteroatoms. The molecule has 0 radical (unpaired) electrons. The summed E-state index contributed by atoms with van der Waals surface area (Å²) < 4.78 is 10.6. The van der Waals surface area contributed by atoms with Crippen LogP contribution in [0.4, 0.5) is 5.69 Å². The Morgan fingerprint density at radius 2 is 1.74 bits per heavy atom. The molecule has 0 aliphatic carbocycles. The van der Waals surface area contributed by atoms with Crippen LogP contribution in [0.1, 0.15) is 41.4 Å². The number of aliphatic hydroxyl groups excluding tert-OH is 1. The minimum Gasteiger partial charge on any atom is -0.507 e. The summed E-state index contributed by atoms with van der Waals surface area (Å²) in [5.41, 5.74) is 1.29. The Morgan fingerprint density at radius 1 is 1.03 bits per heavy atom. The zero-order valence-electron chi connectivity index (χ0n) is 19.5. The van der Waals surface area contributed by atoms with Crippen LogP contribution in [0.2, 0.25) is 0 Å². The molecule has 1 unspecified atom stereocenters. The summed E-state index contributed by atoms with van der Waals surface area (Å²) in [7, 11) is 1.45. The van der Waals surface area contributed by atoms with Gasteiger partial charge in [-0.3, -0.25) is 19.5 Å². The quantitative estimate of drug-likeness (QED) is 0.247. The average Bonchev–Trinajstić information content (AvgIpc) is 3.14. The van der Waals surface area contributed by atoms with E-state index in [1.54, 1.807) is 68.4 Å². The van der Waals surface area contributed by atoms with Crippen LogP contribution in [0.25, 0.3) is 5.76 Å². The van der Waals surface area contributed by atoms with Gasteiger partial charge in [-0.1, -0.05) is 18.2 Å². The molecular formula is C27H24N2O6. The van der Waals surface area contributed by atoms with Crippen molar-refractivity contribution in [2.24, 2.45) is 0 Å². The Labute approximate surface area is 202 Å². The van der Waals surface area contributed by atoms with E-state index >= 15 is 0 Å². The summed E-state index contributed by atoms with van der Waals surface area (Å²) in [6.45, 7) is 3.48. The molecular weight excluding hydrogens is 448 g/mol. The fraction of sp³-hybridized carbons (Fsp3) is 0.185. The fourth-order valence-corrected chi connectivity index (χ4v) is 4.01. The summed E-state index contributed by atoms with van der Waals surface area (Å²) in [6, 6.07) is 15.3. The van der Waals surface area contributed by atoms with E-state index in [4.69, 9.17) is 9.47 Å². The van der Waals surface area contributed by atoms with E-state index in [0.717, 1.165) is 0 Å². The molecule has 2 heterocycles. The number of hydrogen-bond acceptors (Lipinski definition) is 7. The van der Waals surface area contributed by atoms with Gasteiger partial charge in [0.2, 0.25) is 0 Å². The molecule has 3 aromatic rings. The molecule has 0 bridgehead atoms. The lowest BCUT2D eigenvalue weighted by Crippen LogP contribution is -2.29. The van der Waals surface area contributed by atoms with E-state index in [0.29, 0.717) is 17.0 Å². The number of nitrogens with zero attached hydrogens (tertiary/aromatic N) is 2. The maximum Gasteiger partial charge on any atom is 0.338 e. The van der Waals surface area contributed by atoms with Crippen LogP contribution in [-0.4, -0.2) is 41.0 Å². The molecule has 178 valence electrons. The van der Waals surface area contributed by atoms with Crippen molar-refractivity contribution in [3.63, 3.8) is 0 Å². The molecule has 4 rings (SSSR count). The largest absolute Gasteiger partial charge is 0.507 e. The normalized spacial score (nSPS) is 17.0. The zero-order chi connectivity index (χ0) is 25.1. The van der Waals surface area contributed by atoms with Crippen molar-refractivity contribution in [1.82, 2.24) is 4.98 Å². The average molecular weight is 472 g/mol. The first-order valence-corrected chi connectivity index (χ1v) is 11.0. The van der Waals surface area contributed by atoms with Gasteiger partial charge in [0, 0.05) is 18.1 Å². The third-order valence-electron chi connectivity index (χ3n) is 5.53. The Balaban J connectivity index is 1.90. The van der Waals surface area contributed by atoms with Gasteiger partial charge in [-0.05, 0) is 61.9 Å². The standard InChI is InChI=1S/C27H24N2O6/c1-16(2)35-27(33)18-7-6-8-19(15-18)29-23(17-11-13-28-14-12-17)22(25(31)26(29)32)24(30)20-9-4-5-10-21(20)34-3/h4-16,23,30H,1-3H3/b24-22+. The minimum absolute atomic E-state index is 0.0964. The third kappa shape index (κ3) is 4.50. The molecule has 0 spiro atoms. The Morgan fingerprint density at radius 3 is 2.43 bits per heavy atom. The number of hydrogen-bond donors (Lipinski definition) is 1. The van der Waals surface area contributed by atoms with Crippen LogP contribution < -0.4 is 9.64 Å². The van der Waals surface area contributed by atoms with Gasteiger partial charge in [-0.15, -0.1) is 0 Å². The van der Waals surface area contributed by atoms with Gasteiger partial charge in [0.25, 0.3) is 11.7 Å². The van der Waals surface area contributed by atoms with Crippen molar-refractivity contribution in [3.05, 3.63) is 95.3 Å². The number of methoxy groups -OCH3 is 1. The second-order valence-electron chi connectivity index (χ2n) is 8.15. The lowest BCUT2D eigenvalue weighted by molar-refractivity contribution is -0.132. The summed E-state index contributed by atoms with van der Waals surface area (Å²) in [5, 5.41) is 11.3. The van der Waals surface area contributed by atoms with Gasteiger partial charge in [0.1, 0.15) is 11.5 Å². The highest BCUT2D eigenvalue weighted by Crippen LogP contribution is 2.43. The highest BCUT2D eigenvalue weighted by Gasteiger charge is 2.47. The van der Waals surface area contributed by atoms with Crippen LogP contribution in [-0.2, 0) is 14.3 Å². The molecule has 1 aromatic heterocycles. The molecule has 0 saturated carbocycles. The maximum absolute atomic E-state index is 13.3. The van der Waals surface area contributed by atoms with E-state index in [2.05, 4.69) is 4.98 Å². The van der Waals surface area contributed by atoms with E-state index in [1.807, 2.05) is 0 Å². The SMILES string of the molecule is COc1ccccc1/C(O)=C1\C(=O)C(=O)N(c2cccc(C(=O)OC(C)C)c2)C1c1ccncc1. The molecule has 1 N–H and O–H groups in total. The second-order valence-corrected chi connectivity index (χ2v) is 8.15. The Bertz CT molecular complexity index is 1320. The van der Waals surface area contributed by atoms with Crippen LogP contribution >= 0.6 is 0 Å². The molecule has 35 heavy (non-hydrogen) atoms. The van der Waals surface area contributed by atoms with Crippen molar-refractivity contribution in [1.29, 1.82) is 0 Å². The lowest BCUT2D eigenvalue weighted by Gasteiger charge is -2.25. The number of rotatable bonds is 6. The van der Waals surface area contributed by atoms with Crippen molar-refractivity contribution >= 4 is 29.1 Å². The van der Waals surface area contributed by atoms with Gasteiger partial charge < -0.3 is 14.6 Å². The van der Waals surface area contributed by atoms with Crippen LogP contribution in [0, 0.1) is 0 Å². The topological polar surface area (TPSA) is 106 Å². The number of carbonyl (C=O) groups excluding carboxylic acids is 3. The number of ether oxygens (including phenoxy) is 2. The summed E-state index contributed by atoms with van der Waals surface area (Å²) >= 11 is 0. The van der Waals surface area contributed by atoms with Crippen LogP contribution in [0.15, 0.2) is 78.6 Å². The predicted molar refractivity (Wildman–Crippen MR) is 129 cm³/mol. The number of aliphatic hydroxyl groups is 1. The molecule has 1 atom stereocenters. The summed E-state index contributed by atoms with van der Waals surface area (Å²) in [6.07, 6.45) is 2.75. The summed E-state index contributed by atoms with van der Waals surface area (Å²) in [4.78, 5) is 44.4. The van der Waals surface area contributed by atoms with Gasteiger partial charge in [-0.2, -0.15) is 0 Å². The van der Waals surface area contributed by atoms with Crippen molar-refractivity contribution < 1.29 is 29.0 Å². The number of amides is 1. The lowest BCUT2D eigenvalue weighted by atomic mass is 9.95. The van der Waals surface area contributed by atoms with Gasteiger partial charge in [0.15, 0.2) is 0 Å². The van der Waals surface area contributed by atoms with Crippen molar-refractivity contribution in [3.8, 4) is 5.75 Å². The predicted octanol–water partition coefficient (Wildman–Crippen LogP) is 4.28. The monoisotopic (exact) mass is 472 g/mol. The van der Waals surface area contributed by atoms with Gasteiger partial charge in [-0.25, -0.2) is 4.79 Å². The highest BCUT2D eigenvalue weighted by molar-refractivity contribution is 6.51. The number of esters is 1. The molecule has 8 nitrogen and oxygen atoms in total. The first-order chi connectivity index (χ1) is 16.8. The molecule has 1 fully saturated rings. The van der Waals surface area contributed by atoms with Gasteiger partial charge in [0.05, 0.1) is 36.0 Å². The number of para-hydroxylation sites is 1. The van der Waals surface area contributed by atoms with Crippen LogP contribution in [0.5, 0.6) is 5.75 Å². The number of anilines is 1. The highest BCUT2D eigenvalue weighted by atomic mass is 16.5. The number of Topliss-reactive ketones (excluding diaryl/α,β-unsaturated/α-hetero) is 1. The van der Waals surface area contributed by atoms with Crippen LogP contribution in [0.3, 0.4) is 0 Å². The summed E-state index contributed by atoms with van der Waals surface area (Å²) in [5.74, 6) is -2.25. The molecule has 1 amide bonds. The molecule has 1 aliphatic heterocycles. The number of benzene rings is 2. The molecule has 1 aliphatic rings. The minimum atomic E-state index is -0.959.